The normalized spacial score (nSPS) is 12.2. The number of esters is 1. The fraction of sp³-hybridized carbons (Fsp3) is 0.500. The monoisotopic (exact) mass is 430 g/mol. The summed E-state index contributed by atoms with van der Waals surface area (Å²) < 4.78 is 11.3. The fourth-order valence-electron chi connectivity index (χ4n) is 3.06. The maximum absolute atomic E-state index is 11.6. The maximum atomic E-state index is 11.6. The summed E-state index contributed by atoms with van der Waals surface area (Å²) in [6.45, 7) is 15.5. The molecule has 1 aromatic carbocycles. The Morgan fingerprint density at radius 1 is 1.19 bits per heavy atom. The molecular formula is C26H38O5. The third kappa shape index (κ3) is 7.67. The van der Waals surface area contributed by atoms with Crippen molar-refractivity contribution in [1.29, 1.82) is 0 Å². The van der Waals surface area contributed by atoms with Crippen LogP contribution in [-0.4, -0.2) is 42.6 Å². The van der Waals surface area contributed by atoms with Crippen molar-refractivity contribution in [3.05, 3.63) is 59.7 Å². The summed E-state index contributed by atoms with van der Waals surface area (Å²) >= 11 is 0. The minimum Gasteiger partial charge on any atom is -0.493 e. The van der Waals surface area contributed by atoms with Gasteiger partial charge in [-0.15, -0.1) is 0 Å². The van der Waals surface area contributed by atoms with Gasteiger partial charge < -0.3 is 19.7 Å². The highest BCUT2D eigenvalue weighted by molar-refractivity contribution is 5.86. The Kier molecular flexibility index (Phi) is 11.3. The second-order valence-electron chi connectivity index (χ2n) is 8.05. The van der Waals surface area contributed by atoms with Crippen molar-refractivity contribution in [1.82, 2.24) is 0 Å². The Balaban J connectivity index is 3.13. The molecule has 0 aliphatic carbocycles. The van der Waals surface area contributed by atoms with Crippen molar-refractivity contribution in [2.24, 2.45) is 5.41 Å². The third-order valence-electron chi connectivity index (χ3n) is 5.69. The number of carbonyl (C=O) groups is 1. The number of aryl methyl sites for hydroxylation is 1. The number of hydrogen-bond acceptors (Lipinski definition) is 5. The molecule has 0 spiro atoms. The molecule has 0 fully saturated rings. The van der Waals surface area contributed by atoms with Crippen LogP contribution in [0, 0.1) is 5.41 Å². The summed E-state index contributed by atoms with van der Waals surface area (Å²) in [5.74, 6) is 0.312. The molecule has 0 saturated carbocycles. The van der Waals surface area contributed by atoms with E-state index in [1.165, 1.54) is 5.57 Å². The van der Waals surface area contributed by atoms with Crippen LogP contribution >= 0.6 is 0 Å². The molecule has 2 N–H and O–H groups in total. The van der Waals surface area contributed by atoms with Gasteiger partial charge in [0.25, 0.3) is 0 Å². The van der Waals surface area contributed by atoms with E-state index in [2.05, 4.69) is 33.1 Å². The molecule has 0 bridgehead atoms. The van der Waals surface area contributed by atoms with Crippen LogP contribution in [0.2, 0.25) is 0 Å². The van der Waals surface area contributed by atoms with Crippen LogP contribution in [0.15, 0.2) is 48.6 Å². The van der Waals surface area contributed by atoms with E-state index in [4.69, 9.17) is 9.47 Å². The smallest absolute Gasteiger partial charge is 0.333 e. The lowest BCUT2D eigenvalue weighted by Gasteiger charge is -2.28. The Labute approximate surface area is 187 Å². The summed E-state index contributed by atoms with van der Waals surface area (Å²) in [6, 6.07) is 6.01. The van der Waals surface area contributed by atoms with Crippen molar-refractivity contribution in [2.45, 2.75) is 53.4 Å². The molecule has 31 heavy (non-hydrogen) atoms. The van der Waals surface area contributed by atoms with Gasteiger partial charge in [0.2, 0.25) is 0 Å². The fourth-order valence-corrected chi connectivity index (χ4v) is 3.06. The quantitative estimate of drug-likeness (QED) is 0.191. The average molecular weight is 431 g/mol. The van der Waals surface area contributed by atoms with Crippen LogP contribution < -0.4 is 4.74 Å². The van der Waals surface area contributed by atoms with E-state index in [1.54, 1.807) is 6.92 Å². The van der Waals surface area contributed by atoms with E-state index in [-0.39, 0.29) is 25.8 Å². The molecule has 0 aliphatic rings. The number of benzene rings is 1. The lowest BCUT2D eigenvalue weighted by atomic mass is 9.88. The molecular weight excluding hydrogens is 392 g/mol. The van der Waals surface area contributed by atoms with Crippen molar-refractivity contribution < 1.29 is 24.5 Å². The van der Waals surface area contributed by atoms with E-state index < -0.39 is 5.41 Å². The van der Waals surface area contributed by atoms with Gasteiger partial charge >= 0.3 is 5.97 Å². The third-order valence-corrected chi connectivity index (χ3v) is 5.69. The van der Waals surface area contributed by atoms with Crippen LogP contribution in [-0.2, 0) is 16.0 Å². The first-order chi connectivity index (χ1) is 14.8. The molecule has 0 amide bonds. The summed E-state index contributed by atoms with van der Waals surface area (Å²) in [5, 5.41) is 19.4. The Bertz CT molecular complexity index is 779. The van der Waals surface area contributed by atoms with Crippen molar-refractivity contribution in [2.75, 3.05) is 26.4 Å². The van der Waals surface area contributed by atoms with Gasteiger partial charge in [0.15, 0.2) is 0 Å². The largest absolute Gasteiger partial charge is 0.493 e. The highest BCUT2D eigenvalue weighted by Crippen LogP contribution is 2.30. The summed E-state index contributed by atoms with van der Waals surface area (Å²) in [6.07, 6.45) is 4.69. The molecule has 0 radical (unpaired) electrons. The average Bonchev–Trinajstić information content (AvgIpc) is 2.78. The molecule has 0 atom stereocenters. The molecule has 5 heteroatoms. The molecule has 0 unspecified atom stereocenters. The van der Waals surface area contributed by atoms with E-state index in [0.29, 0.717) is 37.2 Å². The predicted molar refractivity (Wildman–Crippen MR) is 126 cm³/mol. The summed E-state index contributed by atoms with van der Waals surface area (Å²) in [4.78, 5) is 11.6. The van der Waals surface area contributed by atoms with Gasteiger partial charge in [0.05, 0.1) is 31.8 Å². The Morgan fingerprint density at radius 3 is 2.39 bits per heavy atom. The first-order valence-electron chi connectivity index (χ1n) is 10.9. The van der Waals surface area contributed by atoms with Gasteiger partial charge in [-0.05, 0) is 68.4 Å². The number of aliphatic hydroxyl groups excluding tert-OH is 2. The number of hydrogen-bond donors (Lipinski definition) is 2. The van der Waals surface area contributed by atoms with Crippen LogP contribution in [0.1, 0.15) is 58.1 Å². The van der Waals surface area contributed by atoms with Gasteiger partial charge in [-0.1, -0.05) is 44.7 Å². The molecule has 1 rings (SSSR count). The molecule has 0 aliphatic heterocycles. The number of rotatable bonds is 14. The van der Waals surface area contributed by atoms with Gasteiger partial charge in [0, 0.05) is 5.57 Å². The Morgan fingerprint density at radius 2 is 1.87 bits per heavy atom. The highest BCUT2D eigenvalue weighted by atomic mass is 16.5. The maximum Gasteiger partial charge on any atom is 0.333 e. The molecule has 1 aromatic rings. The number of aliphatic hydroxyl groups is 2. The van der Waals surface area contributed by atoms with E-state index in [0.717, 1.165) is 23.1 Å². The second kappa shape index (κ2) is 13.1. The number of carbonyl (C=O) groups excluding carboxylic acids is 1. The van der Waals surface area contributed by atoms with Crippen molar-refractivity contribution >= 4 is 11.5 Å². The minimum atomic E-state index is -0.683. The van der Waals surface area contributed by atoms with Gasteiger partial charge in [-0.2, -0.15) is 0 Å². The topological polar surface area (TPSA) is 76.0 Å². The van der Waals surface area contributed by atoms with E-state index in [9.17, 15) is 15.0 Å². The molecule has 5 nitrogen and oxygen atoms in total. The lowest BCUT2D eigenvalue weighted by Crippen LogP contribution is -2.35. The van der Waals surface area contributed by atoms with Gasteiger partial charge in [0.1, 0.15) is 5.75 Å². The SMILES string of the molecule is C=C/C(=C(\C)CC)c1ccc(OCC(CC)(CO)CO)c(CCCOC(=O)C(=C)C)c1. The first kappa shape index (κ1) is 26.7. The predicted octanol–water partition coefficient (Wildman–Crippen LogP) is 4.87. The standard InChI is InChI=1S/C26H38O5/c1-7-20(6)23(8-2)21-12-13-24(31-18-26(9-3,16-27)17-28)22(15-21)11-10-14-30-25(29)19(4)5/h8,12-13,15,27-28H,2,4,7,9-11,14,16-18H2,1,3,5-6H3/b23-20-. The minimum absolute atomic E-state index is 0.149. The highest BCUT2D eigenvalue weighted by Gasteiger charge is 2.28. The second-order valence-corrected chi connectivity index (χ2v) is 8.05. The van der Waals surface area contributed by atoms with Crippen LogP contribution in [0.25, 0.3) is 5.57 Å². The number of allylic oxidation sites excluding steroid dienone is 3. The summed E-state index contributed by atoms with van der Waals surface area (Å²) in [5.41, 5.74) is 4.08. The molecule has 172 valence electrons. The van der Waals surface area contributed by atoms with Crippen LogP contribution in [0.3, 0.4) is 0 Å². The zero-order valence-electron chi connectivity index (χ0n) is 19.5. The molecule has 0 saturated heterocycles. The van der Waals surface area contributed by atoms with Crippen LogP contribution in [0.5, 0.6) is 5.75 Å². The first-order valence-corrected chi connectivity index (χ1v) is 10.9. The summed E-state index contributed by atoms with van der Waals surface area (Å²) in [7, 11) is 0. The molecule has 0 heterocycles. The molecule has 0 aromatic heterocycles. The van der Waals surface area contributed by atoms with Gasteiger partial charge in [-0.25, -0.2) is 4.79 Å². The van der Waals surface area contributed by atoms with E-state index >= 15 is 0 Å². The Hall–Kier alpha value is -2.37. The van der Waals surface area contributed by atoms with E-state index in [1.807, 2.05) is 25.1 Å². The number of ether oxygens (including phenoxy) is 2. The van der Waals surface area contributed by atoms with Crippen LogP contribution in [0.4, 0.5) is 0 Å². The zero-order valence-corrected chi connectivity index (χ0v) is 19.5. The van der Waals surface area contributed by atoms with Gasteiger partial charge in [-0.3, -0.25) is 0 Å². The van der Waals surface area contributed by atoms with Crippen molar-refractivity contribution in [3.63, 3.8) is 0 Å². The van der Waals surface area contributed by atoms with Crippen molar-refractivity contribution in [3.8, 4) is 5.75 Å². The zero-order chi connectivity index (χ0) is 23.4. The lowest BCUT2D eigenvalue weighted by molar-refractivity contribution is -0.139.